The number of amides is 1. The Kier molecular flexibility index (Phi) is 4.09. The van der Waals surface area contributed by atoms with Gasteiger partial charge in [0, 0.05) is 21.6 Å². The molecule has 112 valence electrons. The molecule has 0 fully saturated rings. The van der Waals surface area contributed by atoms with Crippen molar-refractivity contribution < 1.29 is 14.3 Å². The fourth-order valence-electron chi connectivity index (χ4n) is 2.11. The van der Waals surface area contributed by atoms with Crippen molar-refractivity contribution in [3.63, 3.8) is 0 Å². The first kappa shape index (κ1) is 15.6. The number of carbonyl (C=O) groups excluding carboxylic acids is 2. The average Bonchev–Trinajstić information content (AvgIpc) is 2.64. The molecule has 1 amide bonds. The molecule has 0 aliphatic rings. The minimum atomic E-state index is -0.546. The van der Waals surface area contributed by atoms with Gasteiger partial charge in [0.1, 0.15) is 12.1 Å². The number of nitrogens with two attached hydrogens (primary N) is 1. The Bertz CT molecular complexity index is 714. The summed E-state index contributed by atoms with van der Waals surface area (Å²) in [4.78, 5) is 23.5. The van der Waals surface area contributed by atoms with E-state index in [0.717, 1.165) is 9.99 Å². The standard InChI is InChI=1S/C15H17BrN2O3/c1-15(2,3)21-13(19)8-18-7-11(14(17)20)10-6-9(16)4-5-12(10)18/h4-7H,8H2,1-3H3,(H2,17,20). The van der Waals surface area contributed by atoms with Gasteiger partial charge < -0.3 is 15.0 Å². The van der Waals surface area contributed by atoms with Crippen molar-refractivity contribution in [3.05, 3.63) is 34.4 Å². The van der Waals surface area contributed by atoms with Gasteiger partial charge >= 0.3 is 5.97 Å². The summed E-state index contributed by atoms with van der Waals surface area (Å²) in [5.74, 6) is -0.889. The average molecular weight is 353 g/mol. The molecule has 0 spiro atoms. The third-order valence-electron chi connectivity index (χ3n) is 2.83. The third-order valence-corrected chi connectivity index (χ3v) is 3.32. The molecule has 0 unspecified atom stereocenters. The number of fused-ring (bicyclic) bond motifs is 1. The van der Waals surface area contributed by atoms with E-state index in [-0.39, 0.29) is 12.5 Å². The molecule has 2 rings (SSSR count). The number of nitrogens with zero attached hydrogens (tertiary/aromatic N) is 1. The van der Waals surface area contributed by atoms with Crippen LogP contribution in [0.4, 0.5) is 0 Å². The highest BCUT2D eigenvalue weighted by atomic mass is 79.9. The summed E-state index contributed by atoms with van der Waals surface area (Å²) in [5, 5.41) is 0.709. The lowest BCUT2D eigenvalue weighted by Gasteiger charge is -2.19. The largest absolute Gasteiger partial charge is 0.459 e. The zero-order chi connectivity index (χ0) is 15.8. The summed E-state index contributed by atoms with van der Waals surface area (Å²) in [6.45, 7) is 5.46. The molecule has 1 aromatic heterocycles. The molecular formula is C15H17BrN2O3. The Balaban J connectivity index is 2.41. The van der Waals surface area contributed by atoms with Crippen molar-refractivity contribution in [1.29, 1.82) is 0 Å². The van der Waals surface area contributed by atoms with Crippen molar-refractivity contribution in [1.82, 2.24) is 4.57 Å². The molecule has 2 aromatic rings. The van der Waals surface area contributed by atoms with Gasteiger partial charge in [0.2, 0.25) is 0 Å². The van der Waals surface area contributed by atoms with Crippen molar-refractivity contribution in [2.45, 2.75) is 32.9 Å². The highest BCUT2D eigenvalue weighted by molar-refractivity contribution is 9.10. The lowest BCUT2D eigenvalue weighted by Crippen LogP contribution is -2.26. The predicted octanol–water partition coefficient (Wildman–Crippen LogP) is 2.84. The second-order valence-corrected chi connectivity index (χ2v) is 6.70. The van der Waals surface area contributed by atoms with E-state index in [1.165, 1.54) is 0 Å². The Morgan fingerprint density at radius 2 is 2.00 bits per heavy atom. The minimum absolute atomic E-state index is 0.0304. The number of rotatable bonds is 3. The molecule has 0 atom stereocenters. The van der Waals surface area contributed by atoms with Crippen LogP contribution in [0.5, 0.6) is 0 Å². The molecule has 21 heavy (non-hydrogen) atoms. The highest BCUT2D eigenvalue weighted by Gasteiger charge is 2.19. The van der Waals surface area contributed by atoms with Crippen molar-refractivity contribution in [2.24, 2.45) is 5.73 Å². The maximum atomic E-state index is 11.9. The zero-order valence-corrected chi connectivity index (χ0v) is 13.7. The molecule has 2 N–H and O–H groups in total. The van der Waals surface area contributed by atoms with E-state index in [9.17, 15) is 9.59 Å². The molecule has 0 saturated carbocycles. The Labute approximate surface area is 131 Å². The summed E-state index contributed by atoms with van der Waals surface area (Å²) >= 11 is 3.36. The van der Waals surface area contributed by atoms with Crippen LogP contribution in [-0.2, 0) is 16.1 Å². The number of benzene rings is 1. The summed E-state index contributed by atoms with van der Waals surface area (Å²) in [6.07, 6.45) is 1.59. The van der Waals surface area contributed by atoms with Crippen LogP contribution in [0.3, 0.4) is 0 Å². The van der Waals surface area contributed by atoms with Crippen LogP contribution in [-0.4, -0.2) is 22.0 Å². The first-order chi connectivity index (χ1) is 9.67. The maximum absolute atomic E-state index is 11.9. The molecule has 0 bridgehead atoms. The van der Waals surface area contributed by atoms with E-state index < -0.39 is 11.5 Å². The number of ether oxygens (including phenoxy) is 1. The monoisotopic (exact) mass is 352 g/mol. The van der Waals surface area contributed by atoms with Gasteiger partial charge in [0.15, 0.2) is 0 Å². The van der Waals surface area contributed by atoms with Crippen LogP contribution in [0.2, 0.25) is 0 Å². The lowest BCUT2D eigenvalue weighted by atomic mass is 10.2. The molecule has 0 aliphatic heterocycles. The fourth-order valence-corrected chi connectivity index (χ4v) is 2.47. The topological polar surface area (TPSA) is 74.3 Å². The minimum Gasteiger partial charge on any atom is -0.459 e. The van der Waals surface area contributed by atoms with E-state index in [1.54, 1.807) is 16.8 Å². The van der Waals surface area contributed by atoms with E-state index in [4.69, 9.17) is 10.5 Å². The van der Waals surface area contributed by atoms with E-state index in [1.807, 2.05) is 32.9 Å². The summed E-state index contributed by atoms with van der Waals surface area (Å²) in [5.41, 5.74) is 5.99. The highest BCUT2D eigenvalue weighted by Crippen LogP contribution is 2.25. The summed E-state index contributed by atoms with van der Waals surface area (Å²) < 4.78 is 7.82. The molecular weight excluding hydrogens is 336 g/mol. The van der Waals surface area contributed by atoms with Gasteiger partial charge in [0.25, 0.3) is 5.91 Å². The van der Waals surface area contributed by atoms with E-state index >= 15 is 0 Å². The molecule has 0 aliphatic carbocycles. The van der Waals surface area contributed by atoms with Crippen LogP contribution in [0, 0.1) is 0 Å². The second kappa shape index (κ2) is 5.52. The summed E-state index contributed by atoms with van der Waals surface area (Å²) in [6, 6.07) is 5.48. The number of hydrogen-bond donors (Lipinski definition) is 1. The first-order valence-electron chi connectivity index (χ1n) is 6.47. The van der Waals surface area contributed by atoms with Crippen molar-refractivity contribution in [3.8, 4) is 0 Å². The van der Waals surface area contributed by atoms with Gasteiger partial charge in [0.05, 0.1) is 5.56 Å². The number of aromatic nitrogens is 1. The Morgan fingerprint density at radius 3 is 2.57 bits per heavy atom. The van der Waals surface area contributed by atoms with Crippen molar-refractivity contribution in [2.75, 3.05) is 0 Å². The molecule has 1 heterocycles. The normalized spacial score (nSPS) is 11.6. The number of carbonyl (C=O) groups is 2. The smallest absolute Gasteiger partial charge is 0.326 e. The lowest BCUT2D eigenvalue weighted by molar-refractivity contribution is -0.155. The first-order valence-corrected chi connectivity index (χ1v) is 7.27. The molecule has 5 nitrogen and oxygen atoms in total. The van der Waals surface area contributed by atoms with Crippen LogP contribution in [0.25, 0.3) is 10.9 Å². The number of halogens is 1. The maximum Gasteiger partial charge on any atom is 0.326 e. The SMILES string of the molecule is CC(C)(C)OC(=O)Cn1cc(C(N)=O)c2cc(Br)ccc21. The van der Waals surface area contributed by atoms with Gasteiger partial charge in [-0.3, -0.25) is 9.59 Å². The molecule has 0 radical (unpaired) electrons. The number of primary amides is 1. The third kappa shape index (κ3) is 3.64. The number of esters is 1. The van der Waals surface area contributed by atoms with Gasteiger partial charge in [-0.25, -0.2) is 0 Å². The Hall–Kier alpha value is -1.82. The number of hydrogen-bond acceptors (Lipinski definition) is 3. The fraction of sp³-hybridized carbons (Fsp3) is 0.333. The van der Waals surface area contributed by atoms with Crippen LogP contribution >= 0.6 is 15.9 Å². The molecule has 0 saturated heterocycles. The van der Waals surface area contributed by atoms with Gasteiger partial charge in [-0.1, -0.05) is 15.9 Å². The van der Waals surface area contributed by atoms with Crippen LogP contribution in [0.15, 0.2) is 28.9 Å². The van der Waals surface area contributed by atoms with E-state index in [0.29, 0.717) is 10.9 Å². The van der Waals surface area contributed by atoms with Crippen LogP contribution < -0.4 is 5.73 Å². The summed E-state index contributed by atoms with van der Waals surface area (Å²) in [7, 11) is 0. The second-order valence-electron chi connectivity index (χ2n) is 5.78. The predicted molar refractivity (Wildman–Crippen MR) is 84.0 cm³/mol. The van der Waals surface area contributed by atoms with Crippen molar-refractivity contribution >= 4 is 38.7 Å². The van der Waals surface area contributed by atoms with Gasteiger partial charge in [-0.2, -0.15) is 0 Å². The van der Waals surface area contributed by atoms with Crippen LogP contribution in [0.1, 0.15) is 31.1 Å². The van der Waals surface area contributed by atoms with Gasteiger partial charge in [-0.05, 0) is 39.0 Å². The Morgan fingerprint density at radius 1 is 1.33 bits per heavy atom. The quantitative estimate of drug-likeness (QED) is 0.863. The van der Waals surface area contributed by atoms with E-state index in [2.05, 4.69) is 15.9 Å². The molecule has 6 heteroatoms. The van der Waals surface area contributed by atoms with Gasteiger partial charge in [-0.15, -0.1) is 0 Å². The zero-order valence-electron chi connectivity index (χ0n) is 12.1. The molecule has 1 aromatic carbocycles.